The van der Waals surface area contributed by atoms with Crippen molar-refractivity contribution in [2.45, 2.75) is 18.4 Å². The third-order valence-corrected chi connectivity index (χ3v) is 5.58. The highest BCUT2D eigenvalue weighted by molar-refractivity contribution is 7.14. The van der Waals surface area contributed by atoms with Gasteiger partial charge < -0.3 is 15.1 Å². The molecule has 0 unspecified atom stereocenters. The molecule has 0 bridgehead atoms. The van der Waals surface area contributed by atoms with Crippen LogP contribution in [0.3, 0.4) is 0 Å². The molecule has 0 aliphatic carbocycles. The minimum atomic E-state index is -0.133. The number of likely N-dealkylation sites (tertiary alicyclic amines) is 1. The van der Waals surface area contributed by atoms with Crippen LogP contribution in [0.4, 0.5) is 4.79 Å². The number of nitrogens with one attached hydrogen (secondary N) is 1. The number of halogens is 1. The van der Waals surface area contributed by atoms with Crippen molar-refractivity contribution in [3.8, 4) is 0 Å². The Balaban J connectivity index is 1.69. The molecule has 5 nitrogen and oxygen atoms in total. The second-order valence-corrected chi connectivity index (χ2v) is 6.86. The Morgan fingerprint density at radius 3 is 2.65 bits per heavy atom. The average Bonchev–Trinajstić information content (AvgIpc) is 2.99. The maximum Gasteiger partial charge on any atom is 0.317 e. The summed E-state index contributed by atoms with van der Waals surface area (Å²) in [7, 11) is 1.83. The van der Waals surface area contributed by atoms with Crippen molar-refractivity contribution in [2.24, 2.45) is 0 Å². The van der Waals surface area contributed by atoms with Gasteiger partial charge in [-0.2, -0.15) is 0 Å². The van der Waals surface area contributed by atoms with Crippen LogP contribution in [-0.4, -0.2) is 54.0 Å². The Bertz CT molecular complexity index is 552. The SMILES string of the molecule is CN1C(=O)NCC12CCN(C(=O)c1ccsc1Cl)CC2. The largest absolute Gasteiger partial charge is 0.338 e. The molecule has 3 rings (SSSR count). The Labute approximate surface area is 126 Å². The molecule has 1 spiro atoms. The number of hydrogen-bond donors (Lipinski definition) is 1. The average molecular weight is 314 g/mol. The summed E-state index contributed by atoms with van der Waals surface area (Å²) in [6.07, 6.45) is 1.60. The molecule has 1 N–H and O–H groups in total. The lowest BCUT2D eigenvalue weighted by Crippen LogP contribution is -2.54. The maximum atomic E-state index is 12.4. The first kappa shape index (κ1) is 13.7. The van der Waals surface area contributed by atoms with Gasteiger partial charge in [0.1, 0.15) is 4.34 Å². The van der Waals surface area contributed by atoms with Gasteiger partial charge in [0.15, 0.2) is 0 Å². The van der Waals surface area contributed by atoms with Gasteiger partial charge in [-0.3, -0.25) is 4.79 Å². The van der Waals surface area contributed by atoms with Gasteiger partial charge >= 0.3 is 6.03 Å². The Morgan fingerprint density at radius 1 is 1.45 bits per heavy atom. The molecular formula is C13H16ClN3O2S. The molecule has 1 aromatic rings. The summed E-state index contributed by atoms with van der Waals surface area (Å²) in [5.41, 5.74) is 0.452. The molecule has 108 valence electrons. The van der Waals surface area contributed by atoms with E-state index in [1.807, 2.05) is 17.3 Å². The molecular weight excluding hydrogens is 298 g/mol. The van der Waals surface area contributed by atoms with Crippen LogP contribution in [0.2, 0.25) is 4.34 Å². The minimum Gasteiger partial charge on any atom is -0.338 e. The fourth-order valence-electron chi connectivity index (χ4n) is 2.95. The van der Waals surface area contributed by atoms with Crippen molar-refractivity contribution in [1.29, 1.82) is 0 Å². The van der Waals surface area contributed by atoms with Crippen LogP contribution >= 0.6 is 22.9 Å². The molecule has 3 heterocycles. The molecule has 20 heavy (non-hydrogen) atoms. The Morgan fingerprint density at radius 2 is 2.15 bits per heavy atom. The van der Waals surface area contributed by atoms with E-state index in [4.69, 9.17) is 11.6 Å². The lowest BCUT2D eigenvalue weighted by atomic mass is 9.87. The molecule has 0 aromatic carbocycles. The second kappa shape index (κ2) is 4.93. The van der Waals surface area contributed by atoms with Crippen LogP contribution in [0.1, 0.15) is 23.2 Å². The number of piperidine rings is 1. The van der Waals surface area contributed by atoms with Gasteiger partial charge in [-0.1, -0.05) is 11.6 Å². The molecule has 7 heteroatoms. The van der Waals surface area contributed by atoms with Gasteiger partial charge in [-0.05, 0) is 24.3 Å². The van der Waals surface area contributed by atoms with Crippen LogP contribution < -0.4 is 5.32 Å². The van der Waals surface area contributed by atoms with Crippen molar-refractivity contribution in [3.05, 3.63) is 21.3 Å². The number of thiophene rings is 1. The number of nitrogens with zero attached hydrogens (tertiary/aromatic N) is 2. The van der Waals surface area contributed by atoms with Crippen molar-refractivity contribution >= 4 is 34.9 Å². The predicted octanol–water partition coefficient (Wildman–Crippen LogP) is 2.03. The summed E-state index contributed by atoms with van der Waals surface area (Å²) in [4.78, 5) is 27.6. The molecule has 2 saturated heterocycles. The lowest BCUT2D eigenvalue weighted by molar-refractivity contribution is 0.0566. The van der Waals surface area contributed by atoms with E-state index in [1.165, 1.54) is 11.3 Å². The molecule has 0 radical (unpaired) electrons. The quantitative estimate of drug-likeness (QED) is 0.862. The minimum absolute atomic E-state index is 0.00830. The standard InChI is InChI=1S/C13H16ClN3O2S/c1-16-12(19)15-8-13(16)3-5-17(6-4-13)11(18)9-2-7-20-10(9)14/h2,7H,3-6,8H2,1H3,(H,15,19). The highest BCUT2D eigenvalue weighted by Crippen LogP contribution is 2.32. The molecule has 2 aliphatic heterocycles. The number of rotatable bonds is 1. The van der Waals surface area contributed by atoms with E-state index in [-0.39, 0.29) is 17.5 Å². The van der Waals surface area contributed by atoms with Gasteiger partial charge in [0.05, 0.1) is 11.1 Å². The van der Waals surface area contributed by atoms with Crippen molar-refractivity contribution < 1.29 is 9.59 Å². The van der Waals surface area contributed by atoms with E-state index in [0.29, 0.717) is 29.5 Å². The van der Waals surface area contributed by atoms with Crippen LogP contribution in [-0.2, 0) is 0 Å². The first-order chi connectivity index (χ1) is 9.53. The third-order valence-electron chi connectivity index (χ3n) is 4.41. The zero-order valence-electron chi connectivity index (χ0n) is 11.2. The van der Waals surface area contributed by atoms with Crippen molar-refractivity contribution in [1.82, 2.24) is 15.1 Å². The summed E-state index contributed by atoms with van der Waals surface area (Å²) in [6.45, 7) is 1.98. The normalized spacial score (nSPS) is 21.4. The van der Waals surface area contributed by atoms with Crippen LogP contribution in [0, 0.1) is 0 Å². The van der Waals surface area contributed by atoms with E-state index in [0.717, 1.165) is 12.8 Å². The van der Waals surface area contributed by atoms with Gasteiger partial charge in [-0.15, -0.1) is 11.3 Å². The summed E-state index contributed by atoms with van der Waals surface area (Å²) < 4.78 is 0.546. The monoisotopic (exact) mass is 313 g/mol. The number of carbonyl (C=O) groups is 2. The topological polar surface area (TPSA) is 52.7 Å². The lowest BCUT2D eigenvalue weighted by Gasteiger charge is -2.42. The van der Waals surface area contributed by atoms with Crippen LogP contribution in [0.15, 0.2) is 11.4 Å². The van der Waals surface area contributed by atoms with E-state index < -0.39 is 0 Å². The molecule has 3 amide bonds. The number of carbonyl (C=O) groups excluding carboxylic acids is 2. The zero-order valence-corrected chi connectivity index (χ0v) is 12.8. The van der Waals surface area contributed by atoms with Crippen LogP contribution in [0.5, 0.6) is 0 Å². The third kappa shape index (κ3) is 2.07. The maximum absolute atomic E-state index is 12.4. The van der Waals surface area contributed by atoms with E-state index in [1.54, 1.807) is 11.0 Å². The highest BCUT2D eigenvalue weighted by atomic mass is 35.5. The number of likely N-dealkylation sites (N-methyl/N-ethyl adjacent to an activating group) is 1. The molecule has 0 saturated carbocycles. The summed E-state index contributed by atoms with van der Waals surface area (Å²) >= 11 is 7.40. The fraction of sp³-hybridized carbons (Fsp3) is 0.538. The fourth-order valence-corrected chi connectivity index (χ4v) is 3.85. The Hall–Kier alpha value is -1.27. The first-order valence-corrected chi connectivity index (χ1v) is 7.83. The predicted molar refractivity (Wildman–Crippen MR) is 78.4 cm³/mol. The van der Waals surface area contributed by atoms with Gasteiger partial charge in [0.2, 0.25) is 0 Å². The number of hydrogen-bond acceptors (Lipinski definition) is 3. The van der Waals surface area contributed by atoms with Crippen molar-refractivity contribution in [3.63, 3.8) is 0 Å². The van der Waals surface area contributed by atoms with E-state index in [2.05, 4.69) is 5.32 Å². The smallest absolute Gasteiger partial charge is 0.317 e. The van der Waals surface area contributed by atoms with Crippen molar-refractivity contribution in [2.75, 3.05) is 26.7 Å². The molecule has 2 aliphatic rings. The zero-order chi connectivity index (χ0) is 14.3. The van der Waals surface area contributed by atoms with Gasteiger partial charge in [0, 0.05) is 26.7 Å². The number of amides is 3. The number of urea groups is 1. The Kier molecular flexibility index (Phi) is 3.38. The second-order valence-electron chi connectivity index (χ2n) is 5.34. The summed E-state index contributed by atoms with van der Waals surface area (Å²) in [5, 5.41) is 4.70. The first-order valence-electron chi connectivity index (χ1n) is 6.57. The van der Waals surface area contributed by atoms with Gasteiger partial charge in [-0.25, -0.2) is 4.79 Å². The highest BCUT2D eigenvalue weighted by Gasteiger charge is 2.45. The summed E-state index contributed by atoms with van der Waals surface area (Å²) in [5.74, 6) is -0.00830. The molecule has 0 atom stereocenters. The van der Waals surface area contributed by atoms with E-state index in [9.17, 15) is 9.59 Å². The molecule has 2 fully saturated rings. The van der Waals surface area contributed by atoms with Crippen LogP contribution in [0.25, 0.3) is 0 Å². The summed E-state index contributed by atoms with van der Waals surface area (Å²) in [6, 6.07) is 1.75. The van der Waals surface area contributed by atoms with E-state index >= 15 is 0 Å². The van der Waals surface area contributed by atoms with Gasteiger partial charge in [0.25, 0.3) is 5.91 Å². The molecule has 1 aromatic heterocycles.